The fourth-order valence-electron chi connectivity index (χ4n) is 2.14. The number of anilines is 1. The first-order valence-electron chi connectivity index (χ1n) is 6.92. The molecule has 2 aromatic carbocycles. The van der Waals surface area contributed by atoms with E-state index >= 15 is 0 Å². The minimum Gasteiger partial charge on any atom is -0.369 e. The van der Waals surface area contributed by atoms with Gasteiger partial charge in [-0.25, -0.2) is 18.7 Å². The molecule has 0 aliphatic carbocycles. The summed E-state index contributed by atoms with van der Waals surface area (Å²) in [6.07, 6.45) is 1.27. The number of hydrogen-bond acceptors (Lipinski definition) is 4. The van der Waals surface area contributed by atoms with Gasteiger partial charge in [-0.15, -0.1) is 0 Å². The van der Waals surface area contributed by atoms with Crippen LogP contribution in [0.2, 0.25) is 0 Å². The van der Waals surface area contributed by atoms with Crippen LogP contribution in [0, 0.1) is 11.6 Å². The maximum absolute atomic E-state index is 13.4. The van der Waals surface area contributed by atoms with Crippen LogP contribution in [0.3, 0.4) is 0 Å². The lowest BCUT2D eigenvalue weighted by atomic mass is 10.2. The van der Waals surface area contributed by atoms with E-state index in [1.54, 1.807) is 12.1 Å². The van der Waals surface area contributed by atoms with Crippen LogP contribution >= 0.6 is 0 Å². The summed E-state index contributed by atoms with van der Waals surface area (Å²) in [4.78, 5) is 8.70. The van der Waals surface area contributed by atoms with Crippen LogP contribution in [0.1, 0.15) is 0 Å². The Labute approximate surface area is 134 Å². The number of hydrogen-bond donors (Lipinski definition) is 1. The fraction of sp³-hybridized carbons (Fsp3) is 0.125. The number of aromatic nitrogens is 2. The van der Waals surface area contributed by atoms with Gasteiger partial charge in [-0.3, -0.25) is 4.21 Å². The third-order valence-electron chi connectivity index (χ3n) is 3.26. The average Bonchev–Trinajstić information content (AvgIpc) is 2.57. The molecule has 0 saturated heterocycles. The zero-order valence-electron chi connectivity index (χ0n) is 12.0. The molecule has 0 unspecified atom stereocenters. The second-order valence-corrected chi connectivity index (χ2v) is 6.37. The number of rotatable bonds is 5. The Kier molecular flexibility index (Phi) is 4.57. The van der Waals surface area contributed by atoms with Gasteiger partial charge in [0.2, 0.25) is 0 Å². The van der Waals surface area contributed by atoms with Gasteiger partial charge in [0, 0.05) is 28.6 Å². The van der Waals surface area contributed by atoms with Gasteiger partial charge in [0.05, 0.1) is 16.3 Å². The zero-order chi connectivity index (χ0) is 16.2. The molecule has 0 bridgehead atoms. The minimum absolute atomic E-state index is 0.311. The minimum atomic E-state index is -1.14. The van der Waals surface area contributed by atoms with Crippen molar-refractivity contribution in [2.24, 2.45) is 0 Å². The van der Waals surface area contributed by atoms with E-state index in [0.29, 0.717) is 29.0 Å². The fourth-order valence-corrected chi connectivity index (χ4v) is 3.13. The van der Waals surface area contributed by atoms with Gasteiger partial charge in [-0.2, -0.15) is 0 Å². The van der Waals surface area contributed by atoms with Crippen molar-refractivity contribution < 1.29 is 13.0 Å². The Morgan fingerprint density at radius 3 is 2.57 bits per heavy atom. The third kappa shape index (κ3) is 3.50. The molecule has 0 fully saturated rings. The Morgan fingerprint density at radius 2 is 1.78 bits per heavy atom. The van der Waals surface area contributed by atoms with E-state index in [-0.39, 0.29) is 0 Å². The van der Waals surface area contributed by atoms with Gasteiger partial charge in [0.25, 0.3) is 0 Å². The van der Waals surface area contributed by atoms with Crippen LogP contribution in [0.15, 0.2) is 53.7 Å². The summed E-state index contributed by atoms with van der Waals surface area (Å²) in [6, 6.07) is 11.2. The summed E-state index contributed by atoms with van der Waals surface area (Å²) in [5, 5.41) is 3.39. The number of benzene rings is 2. The van der Waals surface area contributed by atoms with Gasteiger partial charge in [0.1, 0.15) is 12.1 Å². The van der Waals surface area contributed by atoms with Crippen LogP contribution in [0.4, 0.5) is 14.6 Å². The van der Waals surface area contributed by atoms with Gasteiger partial charge in [0.15, 0.2) is 11.6 Å². The smallest absolute Gasteiger partial charge is 0.161 e. The molecule has 0 amide bonds. The highest BCUT2D eigenvalue weighted by atomic mass is 32.2. The van der Waals surface area contributed by atoms with E-state index < -0.39 is 22.4 Å². The molecule has 0 aliphatic rings. The lowest BCUT2D eigenvalue weighted by Crippen LogP contribution is -2.12. The van der Waals surface area contributed by atoms with Gasteiger partial charge >= 0.3 is 0 Å². The summed E-state index contributed by atoms with van der Waals surface area (Å²) >= 11 is 0. The maximum atomic E-state index is 13.4. The predicted molar refractivity (Wildman–Crippen MR) is 85.7 cm³/mol. The SMILES string of the molecule is O=[S@@](CCNc1ncnc2cc(F)c(F)cc12)c1ccccc1. The first-order chi connectivity index (χ1) is 11.1. The number of fused-ring (bicyclic) bond motifs is 1. The molecule has 4 nitrogen and oxygen atoms in total. The third-order valence-corrected chi connectivity index (χ3v) is 4.64. The molecule has 0 aliphatic heterocycles. The van der Waals surface area contributed by atoms with Crippen molar-refractivity contribution in [2.45, 2.75) is 4.90 Å². The second kappa shape index (κ2) is 6.78. The molecular formula is C16H13F2N3OS. The molecule has 23 heavy (non-hydrogen) atoms. The van der Waals surface area contributed by atoms with E-state index in [9.17, 15) is 13.0 Å². The topological polar surface area (TPSA) is 54.9 Å². The Hall–Kier alpha value is -2.41. The van der Waals surface area contributed by atoms with E-state index in [0.717, 1.165) is 17.0 Å². The van der Waals surface area contributed by atoms with Gasteiger partial charge in [-0.1, -0.05) is 18.2 Å². The summed E-state index contributed by atoms with van der Waals surface area (Å²) in [7, 11) is -1.14. The lowest BCUT2D eigenvalue weighted by molar-refractivity contribution is 0.510. The summed E-state index contributed by atoms with van der Waals surface area (Å²) in [6.45, 7) is 0.382. The highest BCUT2D eigenvalue weighted by Crippen LogP contribution is 2.22. The quantitative estimate of drug-likeness (QED) is 0.779. The highest BCUT2D eigenvalue weighted by molar-refractivity contribution is 7.85. The second-order valence-electron chi connectivity index (χ2n) is 4.80. The van der Waals surface area contributed by atoms with Crippen molar-refractivity contribution >= 4 is 27.5 Å². The standard InChI is InChI=1S/C16H13F2N3OS/c17-13-8-12-15(9-14(13)18)20-10-21-16(12)19-6-7-23(22)11-4-2-1-3-5-11/h1-5,8-10H,6-7H2,(H,19,20,21)/t23-/m0/s1. The summed E-state index contributed by atoms with van der Waals surface area (Å²) < 4.78 is 38.7. The number of halogens is 2. The largest absolute Gasteiger partial charge is 0.369 e. The van der Waals surface area contributed by atoms with Crippen molar-refractivity contribution in [1.82, 2.24) is 9.97 Å². The first kappa shape index (κ1) is 15.5. The Morgan fingerprint density at radius 1 is 1.04 bits per heavy atom. The molecule has 0 saturated carbocycles. The van der Waals surface area contributed by atoms with Crippen LogP contribution in [0.25, 0.3) is 10.9 Å². The number of nitrogens with one attached hydrogen (secondary N) is 1. The van der Waals surface area contributed by atoms with E-state index in [1.165, 1.54) is 6.33 Å². The molecule has 3 aromatic rings. The molecule has 3 rings (SSSR count). The van der Waals surface area contributed by atoms with Crippen LogP contribution in [-0.4, -0.2) is 26.5 Å². The van der Waals surface area contributed by atoms with Crippen LogP contribution in [-0.2, 0) is 10.8 Å². The molecule has 0 radical (unpaired) electrons. The normalized spacial score (nSPS) is 12.3. The predicted octanol–water partition coefficient (Wildman–Crippen LogP) is 3.13. The molecule has 1 heterocycles. The monoisotopic (exact) mass is 333 g/mol. The zero-order valence-corrected chi connectivity index (χ0v) is 12.8. The maximum Gasteiger partial charge on any atom is 0.161 e. The molecule has 0 spiro atoms. The van der Waals surface area contributed by atoms with Crippen molar-refractivity contribution in [3.05, 3.63) is 60.4 Å². The Balaban J connectivity index is 1.72. The van der Waals surface area contributed by atoms with Crippen molar-refractivity contribution in [3.8, 4) is 0 Å². The van der Waals surface area contributed by atoms with E-state index in [2.05, 4.69) is 15.3 Å². The van der Waals surface area contributed by atoms with Crippen LogP contribution < -0.4 is 5.32 Å². The van der Waals surface area contributed by atoms with Crippen LogP contribution in [0.5, 0.6) is 0 Å². The van der Waals surface area contributed by atoms with Gasteiger partial charge < -0.3 is 5.32 Å². The molecular weight excluding hydrogens is 320 g/mol. The summed E-state index contributed by atoms with van der Waals surface area (Å²) in [5.41, 5.74) is 0.311. The molecule has 118 valence electrons. The first-order valence-corrected chi connectivity index (χ1v) is 8.24. The highest BCUT2D eigenvalue weighted by Gasteiger charge is 2.10. The van der Waals surface area contributed by atoms with E-state index in [4.69, 9.17) is 0 Å². The van der Waals surface area contributed by atoms with Crippen molar-refractivity contribution in [1.29, 1.82) is 0 Å². The number of nitrogens with zero attached hydrogens (tertiary/aromatic N) is 2. The molecule has 1 atom stereocenters. The molecule has 7 heteroatoms. The van der Waals surface area contributed by atoms with Gasteiger partial charge in [-0.05, 0) is 18.2 Å². The molecule has 1 aromatic heterocycles. The average molecular weight is 333 g/mol. The van der Waals surface area contributed by atoms with Crippen molar-refractivity contribution in [3.63, 3.8) is 0 Å². The lowest BCUT2D eigenvalue weighted by Gasteiger charge is -2.08. The van der Waals surface area contributed by atoms with E-state index in [1.807, 2.05) is 18.2 Å². The molecule has 1 N–H and O–H groups in total. The van der Waals surface area contributed by atoms with Crippen molar-refractivity contribution in [2.75, 3.05) is 17.6 Å². The summed E-state index contributed by atoms with van der Waals surface area (Å²) in [5.74, 6) is -1.14. The Bertz CT molecular complexity index is 859.